The number of hydrogen-bond donors (Lipinski definition) is 0. The van der Waals surface area contributed by atoms with Crippen molar-refractivity contribution in [2.24, 2.45) is 0 Å². The zero-order valence-electron chi connectivity index (χ0n) is 36.0. The van der Waals surface area contributed by atoms with E-state index in [-0.39, 0.29) is 12.0 Å². The maximum atomic E-state index is 7.09. The van der Waals surface area contributed by atoms with Gasteiger partial charge in [0, 0.05) is 55.3 Å². The maximum absolute atomic E-state index is 7.09. The van der Waals surface area contributed by atoms with Crippen LogP contribution in [0.4, 0.5) is 0 Å². The number of hydrogen-bond acceptors (Lipinski definition) is 5. The number of benzene rings is 8. The Hall–Kier alpha value is -8.61. The van der Waals surface area contributed by atoms with Crippen LogP contribution in [0.15, 0.2) is 205 Å². The molecule has 8 aromatic carbocycles. The summed E-state index contributed by atoms with van der Waals surface area (Å²) >= 11 is 0. The summed E-state index contributed by atoms with van der Waals surface area (Å²) in [4.78, 5) is 15.6. The quantitative estimate of drug-likeness (QED) is 0.160. The first kappa shape index (κ1) is 37.9. The number of aromatic nitrogens is 4. The summed E-state index contributed by atoms with van der Waals surface area (Å²) in [6.45, 7) is 2.18. The second kappa shape index (κ2) is 15.3. The topological polar surface area (TPSA) is 66.0 Å². The Labute approximate surface area is 381 Å². The van der Waals surface area contributed by atoms with Crippen molar-refractivity contribution in [3.63, 3.8) is 0 Å². The summed E-state index contributed by atoms with van der Waals surface area (Å²) in [6.07, 6.45) is 12.7. The van der Waals surface area contributed by atoms with Crippen LogP contribution in [0, 0.1) is 6.92 Å². The molecule has 0 N–H and O–H groups in total. The standard InChI is InChI=1S/C60H40N4O2/c1-37-17-8-9-22-40(37)42-33-34-45-43-23-10-12-29-50(43)64(51-30-15-27-47-46-26-14-25-41(57(46)66-58(47)51)38-18-4-2-5-19-38)56(45)44(42)35-36-54-61-59(39-20-6-3-7-21-39)63-60(62-54)49-28-16-32-53-55(49)48-24-11-13-31-52(48)65-53/h2-36,48,52H,1H3/b36-35-. The van der Waals surface area contributed by atoms with Gasteiger partial charge in [-0.05, 0) is 65.6 Å². The average molecular weight is 849 g/mol. The third-order valence-corrected chi connectivity index (χ3v) is 13.2. The van der Waals surface area contributed by atoms with E-state index in [0.29, 0.717) is 17.5 Å². The molecule has 11 aromatic rings. The van der Waals surface area contributed by atoms with Crippen molar-refractivity contribution in [3.8, 4) is 56.5 Å². The van der Waals surface area contributed by atoms with Crippen LogP contribution in [0.1, 0.15) is 28.4 Å². The van der Waals surface area contributed by atoms with E-state index in [1.165, 1.54) is 5.56 Å². The third-order valence-electron chi connectivity index (χ3n) is 13.2. The van der Waals surface area contributed by atoms with E-state index in [2.05, 4.69) is 175 Å². The van der Waals surface area contributed by atoms with Crippen LogP contribution < -0.4 is 4.74 Å². The lowest BCUT2D eigenvalue weighted by molar-refractivity contribution is 0.269. The number of fused-ring (bicyclic) bond motifs is 9. The molecule has 0 amide bonds. The highest BCUT2D eigenvalue weighted by Gasteiger charge is 2.35. The van der Waals surface area contributed by atoms with Crippen molar-refractivity contribution in [2.45, 2.75) is 18.9 Å². The molecule has 1 aliphatic heterocycles. The number of nitrogens with zero attached hydrogens (tertiary/aromatic N) is 4. The van der Waals surface area contributed by atoms with Crippen LogP contribution in [-0.2, 0) is 0 Å². The second-order valence-corrected chi connectivity index (χ2v) is 17.0. The molecule has 1 aliphatic carbocycles. The molecular formula is C60H40N4O2. The lowest BCUT2D eigenvalue weighted by Crippen LogP contribution is -2.16. The van der Waals surface area contributed by atoms with Gasteiger partial charge >= 0.3 is 0 Å². The zero-order chi connectivity index (χ0) is 43.7. The second-order valence-electron chi connectivity index (χ2n) is 17.0. The van der Waals surface area contributed by atoms with Crippen molar-refractivity contribution < 1.29 is 9.15 Å². The molecule has 2 unspecified atom stereocenters. The van der Waals surface area contributed by atoms with Crippen LogP contribution in [-0.4, -0.2) is 25.6 Å². The molecule has 3 aromatic heterocycles. The van der Waals surface area contributed by atoms with E-state index in [9.17, 15) is 0 Å². The molecule has 2 aliphatic rings. The van der Waals surface area contributed by atoms with Gasteiger partial charge in [-0.25, -0.2) is 15.0 Å². The molecule has 0 saturated carbocycles. The van der Waals surface area contributed by atoms with Crippen LogP contribution in [0.25, 0.3) is 107 Å². The molecular weight excluding hydrogens is 809 g/mol. The van der Waals surface area contributed by atoms with Gasteiger partial charge in [-0.15, -0.1) is 0 Å². The fourth-order valence-corrected chi connectivity index (χ4v) is 10.2. The average Bonchev–Trinajstić information content (AvgIpc) is 4.06. The van der Waals surface area contributed by atoms with E-state index in [1.807, 2.05) is 48.5 Å². The van der Waals surface area contributed by atoms with Crippen LogP contribution >= 0.6 is 0 Å². The number of allylic oxidation sites excluding steroid dienone is 2. The maximum Gasteiger partial charge on any atom is 0.164 e. The molecule has 6 nitrogen and oxygen atoms in total. The summed E-state index contributed by atoms with van der Waals surface area (Å²) in [5.41, 5.74) is 14.4. The van der Waals surface area contributed by atoms with Crippen LogP contribution in [0.3, 0.4) is 0 Å². The first-order valence-electron chi connectivity index (χ1n) is 22.4. The Morgan fingerprint density at radius 3 is 2.05 bits per heavy atom. The van der Waals surface area contributed by atoms with Gasteiger partial charge in [-0.3, -0.25) is 0 Å². The van der Waals surface area contributed by atoms with Crippen molar-refractivity contribution >= 4 is 55.9 Å². The predicted octanol–water partition coefficient (Wildman–Crippen LogP) is 15.0. The minimum Gasteiger partial charge on any atom is -0.485 e. The van der Waals surface area contributed by atoms with Gasteiger partial charge < -0.3 is 13.7 Å². The summed E-state index contributed by atoms with van der Waals surface area (Å²) in [5.74, 6) is 2.68. The molecule has 66 heavy (non-hydrogen) atoms. The highest BCUT2D eigenvalue weighted by Crippen LogP contribution is 2.47. The summed E-state index contributed by atoms with van der Waals surface area (Å²) in [6, 6.07) is 61.5. The predicted molar refractivity (Wildman–Crippen MR) is 269 cm³/mol. The van der Waals surface area contributed by atoms with Gasteiger partial charge in [0.05, 0.1) is 16.7 Å². The zero-order valence-corrected chi connectivity index (χ0v) is 36.0. The monoisotopic (exact) mass is 848 g/mol. The van der Waals surface area contributed by atoms with Crippen LogP contribution in [0.5, 0.6) is 5.75 Å². The molecule has 13 rings (SSSR count). The summed E-state index contributed by atoms with van der Waals surface area (Å²) in [5, 5.41) is 4.42. The molecule has 0 fully saturated rings. The van der Waals surface area contributed by atoms with E-state index in [0.717, 1.165) is 99.7 Å². The fourth-order valence-electron chi connectivity index (χ4n) is 10.2. The minimum atomic E-state index is -0.0654. The Kier molecular flexibility index (Phi) is 8.78. The largest absolute Gasteiger partial charge is 0.485 e. The smallest absolute Gasteiger partial charge is 0.164 e. The van der Waals surface area contributed by atoms with Gasteiger partial charge in [0.1, 0.15) is 17.4 Å². The number of aryl methyl sites for hydroxylation is 1. The Morgan fingerprint density at radius 1 is 0.500 bits per heavy atom. The van der Waals surface area contributed by atoms with Crippen molar-refractivity contribution in [2.75, 3.05) is 0 Å². The Balaban J connectivity index is 1.07. The first-order valence-corrected chi connectivity index (χ1v) is 22.4. The lowest BCUT2D eigenvalue weighted by Gasteiger charge is -2.16. The number of furan rings is 1. The Bertz CT molecular complexity index is 3820. The first-order chi connectivity index (χ1) is 32.7. The highest BCUT2D eigenvalue weighted by molar-refractivity contribution is 6.17. The van der Waals surface area contributed by atoms with Crippen molar-refractivity contribution in [1.29, 1.82) is 0 Å². The molecule has 0 bridgehead atoms. The van der Waals surface area contributed by atoms with Gasteiger partial charge in [-0.1, -0.05) is 176 Å². The number of ether oxygens (including phenoxy) is 1. The van der Waals surface area contributed by atoms with Crippen LogP contribution in [0.2, 0.25) is 0 Å². The minimum absolute atomic E-state index is 0.0643. The van der Waals surface area contributed by atoms with Crippen molar-refractivity contribution in [3.05, 3.63) is 223 Å². The van der Waals surface area contributed by atoms with E-state index in [4.69, 9.17) is 24.1 Å². The molecule has 6 heteroatoms. The summed E-state index contributed by atoms with van der Waals surface area (Å²) < 4.78 is 15.9. The third kappa shape index (κ3) is 6.06. The molecule has 4 heterocycles. The molecule has 312 valence electrons. The van der Waals surface area contributed by atoms with E-state index in [1.54, 1.807) is 0 Å². The molecule has 0 radical (unpaired) electrons. The van der Waals surface area contributed by atoms with Crippen molar-refractivity contribution in [1.82, 2.24) is 19.5 Å². The normalized spacial score (nSPS) is 15.3. The van der Waals surface area contributed by atoms with Gasteiger partial charge in [0.2, 0.25) is 0 Å². The fraction of sp³-hybridized carbons (Fsp3) is 0.0500. The van der Waals surface area contributed by atoms with E-state index >= 15 is 0 Å². The van der Waals surface area contributed by atoms with E-state index < -0.39 is 0 Å². The van der Waals surface area contributed by atoms with Gasteiger partial charge in [0.15, 0.2) is 23.1 Å². The molecule has 2 atom stereocenters. The molecule has 0 spiro atoms. The summed E-state index contributed by atoms with van der Waals surface area (Å²) in [7, 11) is 0. The Morgan fingerprint density at radius 2 is 1.18 bits per heavy atom. The molecule has 0 saturated heterocycles. The van der Waals surface area contributed by atoms with Gasteiger partial charge in [0.25, 0.3) is 0 Å². The number of rotatable bonds is 7. The highest BCUT2D eigenvalue weighted by atomic mass is 16.5. The lowest BCUT2D eigenvalue weighted by atomic mass is 9.88. The SMILES string of the molecule is Cc1ccccc1-c1ccc2c3ccccc3n(-c3cccc4c3oc3c(-c5ccccc5)cccc34)c2c1/C=C\c1nc(-c2ccccc2)nc(-c2cccc3c2C2C=CC=CC2O3)n1. The number of para-hydroxylation sites is 3. The van der Waals surface area contributed by atoms with Gasteiger partial charge in [-0.2, -0.15) is 0 Å².